The van der Waals surface area contributed by atoms with Crippen LogP contribution in [-0.2, 0) is 4.79 Å². The van der Waals surface area contributed by atoms with E-state index in [4.69, 9.17) is 0 Å². The van der Waals surface area contributed by atoms with Crippen LogP contribution in [0.4, 0.5) is 0 Å². The second-order valence-corrected chi connectivity index (χ2v) is 1.92. The highest BCUT2D eigenvalue weighted by atomic mass is 16.1. The summed E-state index contributed by atoms with van der Waals surface area (Å²) in [4.78, 5) is 9.47. The minimum atomic E-state index is -0.481. The molecule has 0 bridgehead atoms. The van der Waals surface area contributed by atoms with Crippen molar-refractivity contribution < 1.29 is 4.79 Å². The van der Waals surface area contributed by atoms with Crippen LogP contribution in [0.25, 0.3) is 0 Å². The molecule has 2 heteroatoms. The number of hydrogen-bond acceptors (Lipinski definition) is 1. The van der Waals surface area contributed by atoms with Crippen molar-refractivity contribution in [1.29, 1.82) is 0 Å². The predicted molar refractivity (Wildman–Crippen MR) is 44.5 cm³/mol. The summed E-state index contributed by atoms with van der Waals surface area (Å²) in [6.07, 6.45) is 2.17. The van der Waals surface area contributed by atoms with Gasteiger partial charge in [-0.15, -0.1) is 6.58 Å². The van der Waals surface area contributed by atoms with Crippen LogP contribution < -0.4 is 5.73 Å². The topological polar surface area (TPSA) is 43.1 Å². The number of rotatable bonds is 2. The van der Waals surface area contributed by atoms with Crippen molar-refractivity contribution in [3.05, 3.63) is 24.8 Å². The zero-order valence-electron chi connectivity index (χ0n) is 6.68. The standard InChI is InChI=1S/C5H10.C3H5NO/c1-4-5(2)3;1-2-3(4)5/h2,4H2,1,3H3;2H,1H2,(H2,4,5). The molecule has 0 saturated heterocycles. The van der Waals surface area contributed by atoms with Crippen LogP contribution in [-0.4, -0.2) is 5.91 Å². The molecule has 0 atom stereocenters. The summed E-state index contributed by atoms with van der Waals surface area (Å²) >= 11 is 0. The monoisotopic (exact) mass is 141 g/mol. The van der Waals surface area contributed by atoms with Crippen LogP contribution in [0.1, 0.15) is 20.3 Å². The first-order valence-corrected chi connectivity index (χ1v) is 3.10. The van der Waals surface area contributed by atoms with Crippen LogP contribution in [0.2, 0.25) is 0 Å². The van der Waals surface area contributed by atoms with E-state index in [9.17, 15) is 4.79 Å². The van der Waals surface area contributed by atoms with E-state index in [-0.39, 0.29) is 0 Å². The first-order valence-electron chi connectivity index (χ1n) is 3.10. The lowest BCUT2D eigenvalue weighted by Crippen LogP contribution is -2.04. The zero-order chi connectivity index (χ0) is 8.57. The van der Waals surface area contributed by atoms with E-state index in [1.54, 1.807) is 0 Å². The summed E-state index contributed by atoms with van der Waals surface area (Å²) in [5, 5.41) is 0. The molecule has 0 aliphatic rings. The van der Waals surface area contributed by atoms with Gasteiger partial charge >= 0.3 is 0 Å². The Balaban J connectivity index is 0. The Bertz CT molecular complexity index is 127. The Labute approximate surface area is 62.4 Å². The second-order valence-electron chi connectivity index (χ2n) is 1.92. The van der Waals surface area contributed by atoms with Crippen molar-refractivity contribution >= 4 is 5.91 Å². The van der Waals surface area contributed by atoms with Crippen molar-refractivity contribution in [3.8, 4) is 0 Å². The van der Waals surface area contributed by atoms with Gasteiger partial charge in [-0.3, -0.25) is 4.79 Å². The molecule has 1 amide bonds. The van der Waals surface area contributed by atoms with Crippen molar-refractivity contribution in [2.24, 2.45) is 5.73 Å². The molecule has 0 spiro atoms. The van der Waals surface area contributed by atoms with Gasteiger partial charge in [0.2, 0.25) is 5.91 Å². The molecule has 0 heterocycles. The van der Waals surface area contributed by atoms with Gasteiger partial charge in [0.15, 0.2) is 0 Å². The number of carbonyl (C=O) groups excluding carboxylic acids is 1. The van der Waals surface area contributed by atoms with Gasteiger partial charge in [0.25, 0.3) is 0 Å². The summed E-state index contributed by atoms with van der Waals surface area (Å²) in [6.45, 7) is 10.9. The molecule has 0 fully saturated rings. The Kier molecular flexibility index (Phi) is 9.31. The van der Waals surface area contributed by atoms with E-state index in [1.165, 1.54) is 5.57 Å². The normalized spacial score (nSPS) is 7.00. The Morgan fingerprint density at radius 1 is 1.70 bits per heavy atom. The smallest absolute Gasteiger partial charge is 0.240 e. The van der Waals surface area contributed by atoms with E-state index >= 15 is 0 Å². The third-order valence-corrected chi connectivity index (χ3v) is 0.805. The Morgan fingerprint density at radius 2 is 1.90 bits per heavy atom. The molecule has 10 heavy (non-hydrogen) atoms. The van der Waals surface area contributed by atoms with Crippen LogP contribution in [0, 0.1) is 0 Å². The first-order chi connectivity index (χ1) is 4.54. The lowest BCUT2D eigenvalue weighted by molar-refractivity contribution is -0.113. The SMILES string of the molecule is C=C(C)CC.C=CC(N)=O. The minimum absolute atomic E-state index is 0.481. The number of hydrogen-bond donors (Lipinski definition) is 1. The highest BCUT2D eigenvalue weighted by Gasteiger charge is 1.69. The highest BCUT2D eigenvalue weighted by molar-refractivity contribution is 5.84. The minimum Gasteiger partial charge on any atom is -0.366 e. The van der Waals surface area contributed by atoms with Gasteiger partial charge in [-0.1, -0.05) is 19.1 Å². The van der Waals surface area contributed by atoms with Gasteiger partial charge in [-0.05, 0) is 19.4 Å². The molecular formula is C8H15NO. The van der Waals surface area contributed by atoms with E-state index < -0.39 is 5.91 Å². The molecule has 2 N–H and O–H groups in total. The third-order valence-electron chi connectivity index (χ3n) is 0.805. The molecular weight excluding hydrogens is 126 g/mol. The average molecular weight is 141 g/mol. The second kappa shape index (κ2) is 7.95. The van der Waals surface area contributed by atoms with Crippen LogP contribution >= 0.6 is 0 Å². The fraction of sp³-hybridized carbons (Fsp3) is 0.375. The van der Waals surface area contributed by atoms with Crippen LogP contribution in [0.15, 0.2) is 24.8 Å². The maximum absolute atomic E-state index is 9.47. The molecule has 58 valence electrons. The summed E-state index contributed by atoms with van der Waals surface area (Å²) < 4.78 is 0. The van der Waals surface area contributed by atoms with E-state index in [0.717, 1.165) is 12.5 Å². The predicted octanol–water partition coefficient (Wildman–Crippen LogP) is 1.63. The Hall–Kier alpha value is -1.05. The third kappa shape index (κ3) is 28.3. The quantitative estimate of drug-likeness (QED) is 0.461. The summed E-state index contributed by atoms with van der Waals surface area (Å²) in [6, 6.07) is 0. The number of allylic oxidation sites excluding steroid dienone is 1. The first kappa shape index (κ1) is 11.7. The molecule has 0 rings (SSSR count). The molecule has 0 radical (unpaired) electrons. The molecule has 0 aromatic carbocycles. The molecule has 2 nitrogen and oxygen atoms in total. The molecule has 0 aromatic heterocycles. The lowest BCUT2D eigenvalue weighted by Gasteiger charge is -1.79. The fourth-order valence-corrected chi connectivity index (χ4v) is 0. The van der Waals surface area contributed by atoms with E-state index in [1.807, 2.05) is 6.92 Å². The fourth-order valence-electron chi connectivity index (χ4n) is 0. The van der Waals surface area contributed by atoms with Gasteiger partial charge < -0.3 is 5.73 Å². The number of nitrogens with two attached hydrogens (primary N) is 1. The summed E-state index contributed by atoms with van der Waals surface area (Å²) in [5.74, 6) is -0.481. The van der Waals surface area contributed by atoms with E-state index in [2.05, 4.69) is 25.8 Å². The maximum atomic E-state index is 9.47. The largest absolute Gasteiger partial charge is 0.366 e. The number of carbonyl (C=O) groups is 1. The zero-order valence-corrected chi connectivity index (χ0v) is 6.68. The molecule has 0 saturated carbocycles. The number of amides is 1. The van der Waals surface area contributed by atoms with Gasteiger partial charge in [0, 0.05) is 0 Å². The lowest BCUT2D eigenvalue weighted by atomic mass is 10.3. The van der Waals surface area contributed by atoms with Crippen molar-refractivity contribution in [3.63, 3.8) is 0 Å². The van der Waals surface area contributed by atoms with Crippen LogP contribution in [0.3, 0.4) is 0 Å². The van der Waals surface area contributed by atoms with Gasteiger partial charge in [-0.25, -0.2) is 0 Å². The van der Waals surface area contributed by atoms with Gasteiger partial charge in [0.05, 0.1) is 0 Å². The van der Waals surface area contributed by atoms with Gasteiger partial charge in [0.1, 0.15) is 0 Å². The van der Waals surface area contributed by atoms with E-state index in [0.29, 0.717) is 0 Å². The molecule has 0 aliphatic heterocycles. The average Bonchev–Trinajstić information content (AvgIpc) is 1.89. The van der Waals surface area contributed by atoms with Crippen molar-refractivity contribution in [1.82, 2.24) is 0 Å². The van der Waals surface area contributed by atoms with Crippen LogP contribution in [0.5, 0.6) is 0 Å². The highest BCUT2D eigenvalue weighted by Crippen LogP contribution is 1.88. The summed E-state index contributed by atoms with van der Waals surface area (Å²) in [7, 11) is 0. The Morgan fingerprint density at radius 3 is 1.90 bits per heavy atom. The molecule has 0 aromatic rings. The van der Waals surface area contributed by atoms with Crippen molar-refractivity contribution in [2.75, 3.05) is 0 Å². The van der Waals surface area contributed by atoms with Gasteiger partial charge in [-0.2, -0.15) is 0 Å². The molecule has 0 unspecified atom stereocenters. The summed E-state index contributed by atoms with van der Waals surface area (Å²) in [5.41, 5.74) is 5.79. The number of primary amides is 1. The molecule has 0 aliphatic carbocycles. The van der Waals surface area contributed by atoms with Crippen molar-refractivity contribution in [2.45, 2.75) is 20.3 Å². The maximum Gasteiger partial charge on any atom is 0.240 e.